The number of nitrogens with one attached hydrogen (secondary N) is 1. The second kappa shape index (κ2) is 14.3. The monoisotopic (exact) mass is 507 g/mol. The van der Waals surface area contributed by atoms with Crippen LogP contribution in [0.25, 0.3) is 12.2 Å². The van der Waals surface area contributed by atoms with Crippen molar-refractivity contribution < 1.29 is 33.3 Å². The molecule has 0 unspecified atom stereocenters. The van der Waals surface area contributed by atoms with Crippen LogP contribution < -0.4 is 24.3 Å². The smallest absolute Gasteiger partial charge is 0.308 e. The molecule has 0 radical (unpaired) electrons. The zero-order chi connectivity index (χ0) is 27.4. The van der Waals surface area contributed by atoms with Crippen molar-refractivity contribution in [2.45, 2.75) is 27.7 Å². The van der Waals surface area contributed by atoms with Crippen molar-refractivity contribution in [2.24, 2.45) is 5.92 Å². The lowest BCUT2D eigenvalue weighted by Gasteiger charge is -2.10. The SMILES string of the molecule is COc1cc(/C=C/C(=O)/C=C(/C=C/c2ccc(OC(C)=O)c(OC)c2)NCC(C)C)ccc1OC(C)=O. The van der Waals surface area contributed by atoms with Gasteiger partial charge in [-0.1, -0.05) is 38.1 Å². The second-order valence-corrected chi connectivity index (χ2v) is 8.45. The summed E-state index contributed by atoms with van der Waals surface area (Å²) in [6.45, 7) is 7.46. The van der Waals surface area contributed by atoms with E-state index in [1.54, 1.807) is 48.6 Å². The Morgan fingerprint density at radius 2 is 1.27 bits per heavy atom. The Hall–Kier alpha value is -4.33. The summed E-state index contributed by atoms with van der Waals surface area (Å²) in [6, 6.07) is 10.2. The van der Waals surface area contributed by atoms with Crippen LogP contribution in [-0.2, 0) is 14.4 Å². The second-order valence-electron chi connectivity index (χ2n) is 8.45. The summed E-state index contributed by atoms with van der Waals surface area (Å²) in [7, 11) is 2.97. The summed E-state index contributed by atoms with van der Waals surface area (Å²) < 4.78 is 20.8. The van der Waals surface area contributed by atoms with Gasteiger partial charge in [-0.05, 0) is 53.5 Å². The molecule has 0 heterocycles. The van der Waals surface area contributed by atoms with Gasteiger partial charge < -0.3 is 24.3 Å². The highest BCUT2D eigenvalue weighted by atomic mass is 16.6. The van der Waals surface area contributed by atoms with Gasteiger partial charge in [0, 0.05) is 32.2 Å². The summed E-state index contributed by atoms with van der Waals surface area (Å²) >= 11 is 0. The normalized spacial score (nSPS) is 11.6. The summed E-state index contributed by atoms with van der Waals surface area (Å²) in [5, 5.41) is 3.28. The number of allylic oxidation sites excluding steroid dienone is 3. The van der Waals surface area contributed by atoms with E-state index in [0.29, 0.717) is 46.7 Å². The van der Waals surface area contributed by atoms with Crippen LogP contribution in [0.4, 0.5) is 0 Å². The van der Waals surface area contributed by atoms with Gasteiger partial charge in [-0.15, -0.1) is 0 Å². The van der Waals surface area contributed by atoms with Crippen molar-refractivity contribution in [3.05, 3.63) is 71.5 Å². The Kier molecular flexibility index (Phi) is 11.2. The third-order valence-electron chi connectivity index (χ3n) is 4.79. The minimum Gasteiger partial charge on any atom is -0.493 e. The van der Waals surface area contributed by atoms with Gasteiger partial charge in [-0.2, -0.15) is 0 Å². The van der Waals surface area contributed by atoms with Gasteiger partial charge in [0.05, 0.1) is 14.2 Å². The van der Waals surface area contributed by atoms with E-state index in [0.717, 1.165) is 5.56 Å². The highest BCUT2D eigenvalue weighted by Gasteiger charge is 2.09. The van der Waals surface area contributed by atoms with Gasteiger partial charge in [-0.3, -0.25) is 14.4 Å². The standard InChI is InChI=1S/C29H33NO7/c1-19(2)18-30-24(11-7-22-9-13-26(36-20(3)31)28(15-22)34-5)17-25(33)12-8-23-10-14-27(37-21(4)32)29(16-23)35-6/h7-17,19,30H,18H2,1-6H3/b11-7+,12-8+,24-17-. The molecule has 8 nitrogen and oxygen atoms in total. The maximum Gasteiger partial charge on any atom is 0.308 e. The molecule has 2 aromatic rings. The Balaban J connectivity index is 2.23. The molecule has 0 saturated carbocycles. The number of carbonyl (C=O) groups excluding carboxylic acids is 3. The summed E-state index contributed by atoms with van der Waals surface area (Å²) in [4.78, 5) is 35.2. The largest absolute Gasteiger partial charge is 0.493 e. The number of methoxy groups -OCH3 is 2. The van der Waals surface area contributed by atoms with E-state index < -0.39 is 11.9 Å². The lowest BCUT2D eigenvalue weighted by Crippen LogP contribution is -2.18. The molecular formula is C29H33NO7. The third kappa shape index (κ3) is 10.0. The maximum absolute atomic E-state index is 12.7. The van der Waals surface area contributed by atoms with E-state index in [-0.39, 0.29) is 5.78 Å². The molecule has 0 bridgehead atoms. The Morgan fingerprint density at radius 1 is 0.784 bits per heavy atom. The molecule has 2 rings (SSSR count). The first kappa shape index (κ1) is 28.9. The van der Waals surface area contributed by atoms with Gasteiger partial charge in [-0.25, -0.2) is 0 Å². The molecule has 0 aliphatic carbocycles. The van der Waals surface area contributed by atoms with Crippen LogP contribution >= 0.6 is 0 Å². The van der Waals surface area contributed by atoms with Crippen molar-refractivity contribution in [1.82, 2.24) is 5.32 Å². The van der Waals surface area contributed by atoms with E-state index in [9.17, 15) is 14.4 Å². The molecule has 8 heteroatoms. The fourth-order valence-corrected chi connectivity index (χ4v) is 3.10. The fourth-order valence-electron chi connectivity index (χ4n) is 3.10. The number of hydrogen-bond donors (Lipinski definition) is 1. The average Bonchev–Trinajstić information content (AvgIpc) is 2.84. The van der Waals surface area contributed by atoms with Gasteiger partial charge in [0.25, 0.3) is 0 Å². The number of ketones is 1. The quantitative estimate of drug-likeness (QED) is 0.186. The van der Waals surface area contributed by atoms with Crippen molar-refractivity contribution >= 4 is 29.9 Å². The van der Waals surface area contributed by atoms with Gasteiger partial charge in [0.2, 0.25) is 0 Å². The van der Waals surface area contributed by atoms with Crippen LogP contribution in [-0.4, -0.2) is 38.5 Å². The number of ether oxygens (including phenoxy) is 4. The van der Waals surface area contributed by atoms with Crippen LogP contribution in [0.5, 0.6) is 23.0 Å². The minimum atomic E-state index is -0.449. The van der Waals surface area contributed by atoms with Gasteiger partial charge >= 0.3 is 11.9 Å². The van der Waals surface area contributed by atoms with Crippen molar-refractivity contribution in [3.8, 4) is 23.0 Å². The van der Waals surface area contributed by atoms with Crippen LogP contribution in [0.1, 0.15) is 38.8 Å². The maximum atomic E-state index is 12.7. The van der Waals surface area contributed by atoms with Crippen molar-refractivity contribution in [3.63, 3.8) is 0 Å². The fraction of sp³-hybridized carbons (Fsp3) is 0.276. The first-order valence-corrected chi connectivity index (χ1v) is 11.7. The number of rotatable bonds is 12. The molecule has 37 heavy (non-hydrogen) atoms. The highest BCUT2D eigenvalue weighted by molar-refractivity contribution is 6.02. The van der Waals surface area contributed by atoms with E-state index in [1.807, 2.05) is 6.08 Å². The zero-order valence-corrected chi connectivity index (χ0v) is 22.0. The first-order chi connectivity index (χ1) is 17.6. The minimum absolute atomic E-state index is 0.221. The van der Waals surface area contributed by atoms with E-state index in [1.165, 1.54) is 40.2 Å². The molecule has 0 spiro atoms. The summed E-state index contributed by atoms with van der Waals surface area (Å²) in [5.74, 6) is 0.713. The molecule has 2 aromatic carbocycles. The molecule has 0 amide bonds. The number of hydrogen-bond acceptors (Lipinski definition) is 8. The van der Waals surface area contributed by atoms with Crippen LogP contribution in [0.3, 0.4) is 0 Å². The van der Waals surface area contributed by atoms with Crippen LogP contribution in [0.15, 0.2) is 60.3 Å². The molecule has 196 valence electrons. The average molecular weight is 508 g/mol. The zero-order valence-electron chi connectivity index (χ0n) is 22.0. The molecule has 0 aliphatic rings. The molecule has 0 saturated heterocycles. The molecular weight excluding hydrogens is 474 g/mol. The Bertz CT molecular complexity index is 1210. The Morgan fingerprint density at radius 3 is 1.70 bits per heavy atom. The van der Waals surface area contributed by atoms with Gasteiger partial charge in [0.15, 0.2) is 28.8 Å². The molecule has 0 fully saturated rings. The molecule has 0 aliphatic heterocycles. The molecule has 0 aromatic heterocycles. The topological polar surface area (TPSA) is 100 Å². The summed E-state index contributed by atoms with van der Waals surface area (Å²) in [5.41, 5.74) is 2.14. The predicted molar refractivity (Wildman–Crippen MR) is 143 cm³/mol. The molecule has 0 atom stereocenters. The highest BCUT2D eigenvalue weighted by Crippen LogP contribution is 2.29. The number of carbonyl (C=O) groups is 3. The van der Waals surface area contributed by atoms with E-state index >= 15 is 0 Å². The van der Waals surface area contributed by atoms with Crippen LogP contribution in [0, 0.1) is 5.92 Å². The van der Waals surface area contributed by atoms with E-state index in [4.69, 9.17) is 18.9 Å². The van der Waals surface area contributed by atoms with E-state index in [2.05, 4.69) is 19.2 Å². The summed E-state index contributed by atoms with van der Waals surface area (Å²) in [6.07, 6.45) is 8.23. The van der Waals surface area contributed by atoms with Gasteiger partial charge in [0.1, 0.15) is 0 Å². The van der Waals surface area contributed by atoms with Crippen LogP contribution in [0.2, 0.25) is 0 Å². The first-order valence-electron chi connectivity index (χ1n) is 11.7. The lowest BCUT2D eigenvalue weighted by molar-refractivity contribution is -0.132. The number of esters is 2. The molecule has 1 N–H and O–H groups in total. The Labute approximate surface area is 217 Å². The van der Waals surface area contributed by atoms with Crippen molar-refractivity contribution in [2.75, 3.05) is 20.8 Å². The lowest BCUT2D eigenvalue weighted by atomic mass is 10.1. The predicted octanol–water partition coefficient (Wildman–Crippen LogP) is 4.98. The third-order valence-corrected chi connectivity index (χ3v) is 4.79. The van der Waals surface area contributed by atoms with Crippen molar-refractivity contribution in [1.29, 1.82) is 0 Å². The number of benzene rings is 2.